The Balaban J connectivity index is 2.03. The molecule has 138 valence electrons. The van der Waals surface area contributed by atoms with Crippen molar-refractivity contribution in [2.45, 2.75) is 19.4 Å². The SMILES string of the molecule is Cc1cc(-c2cccnc2C(Cc2cc(F)cc(F)c2)NC=O)ccc1F. The molecule has 1 unspecified atom stereocenters. The van der Waals surface area contributed by atoms with Gasteiger partial charge in [0.2, 0.25) is 6.41 Å². The highest BCUT2D eigenvalue weighted by Crippen LogP contribution is 2.29. The molecule has 1 atom stereocenters. The number of benzene rings is 2. The Bertz CT molecular complexity index is 955. The first-order chi connectivity index (χ1) is 13.0. The fourth-order valence-electron chi connectivity index (χ4n) is 3.03. The predicted molar refractivity (Wildman–Crippen MR) is 96.4 cm³/mol. The Morgan fingerprint density at radius 2 is 1.81 bits per heavy atom. The van der Waals surface area contributed by atoms with Gasteiger partial charge in [-0.05, 0) is 60.4 Å². The first-order valence-electron chi connectivity index (χ1n) is 8.34. The lowest BCUT2D eigenvalue weighted by molar-refractivity contribution is -0.110. The first kappa shape index (κ1) is 18.6. The third-order valence-electron chi connectivity index (χ3n) is 4.27. The van der Waals surface area contributed by atoms with Crippen molar-refractivity contribution < 1.29 is 18.0 Å². The lowest BCUT2D eigenvalue weighted by Crippen LogP contribution is -2.23. The average Bonchev–Trinajstić information content (AvgIpc) is 2.63. The van der Waals surface area contributed by atoms with Gasteiger partial charge < -0.3 is 5.32 Å². The van der Waals surface area contributed by atoms with Gasteiger partial charge in [0.15, 0.2) is 0 Å². The van der Waals surface area contributed by atoms with Crippen molar-refractivity contribution in [3.63, 3.8) is 0 Å². The molecule has 2 aromatic carbocycles. The van der Waals surface area contributed by atoms with E-state index >= 15 is 0 Å². The molecule has 0 radical (unpaired) electrons. The quantitative estimate of drug-likeness (QED) is 0.649. The molecule has 0 saturated carbocycles. The molecule has 0 aliphatic heterocycles. The van der Waals surface area contributed by atoms with Gasteiger partial charge in [-0.2, -0.15) is 0 Å². The summed E-state index contributed by atoms with van der Waals surface area (Å²) < 4.78 is 40.6. The summed E-state index contributed by atoms with van der Waals surface area (Å²) in [6.07, 6.45) is 2.24. The number of nitrogens with zero attached hydrogens (tertiary/aromatic N) is 1. The van der Waals surface area contributed by atoms with Gasteiger partial charge in [-0.25, -0.2) is 13.2 Å². The monoisotopic (exact) mass is 370 g/mol. The zero-order valence-electron chi connectivity index (χ0n) is 14.5. The Morgan fingerprint density at radius 3 is 2.48 bits per heavy atom. The number of carbonyl (C=O) groups is 1. The topological polar surface area (TPSA) is 42.0 Å². The Kier molecular flexibility index (Phi) is 5.54. The van der Waals surface area contributed by atoms with Crippen LogP contribution in [0.4, 0.5) is 13.2 Å². The van der Waals surface area contributed by atoms with E-state index in [9.17, 15) is 18.0 Å². The minimum absolute atomic E-state index is 0.150. The molecule has 1 heterocycles. The Labute approximate surface area is 154 Å². The van der Waals surface area contributed by atoms with E-state index in [0.29, 0.717) is 28.8 Å². The van der Waals surface area contributed by atoms with Crippen molar-refractivity contribution in [2.24, 2.45) is 0 Å². The van der Waals surface area contributed by atoms with Gasteiger partial charge >= 0.3 is 0 Å². The van der Waals surface area contributed by atoms with Crippen LogP contribution >= 0.6 is 0 Å². The summed E-state index contributed by atoms with van der Waals surface area (Å²) in [5.41, 5.74) is 2.84. The van der Waals surface area contributed by atoms with Crippen molar-refractivity contribution in [1.82, 2.24) is 10.3 Å². The minimum Gasteiger partial charge on any atom is -0.350 e. The summed E-state index contributed by atoms with van der Waals surface area (Å²) in [6.45, 7) is 1.66. The second-order valence-electron chi connectivity index (χ2n) is 6.22. The van der Waals surface area contributed by atoms with Crippen LogP contribution in [0.5, 0.6) is 0 Å². The Morgan fingerprint density at radius 1 is 1.07 bits per heavy atom. The first-order valence-corrected chi connectivity index (χ1v) is 8.34. The maximum absolute atomic E-state index is 13.6. The standard InChI is InChI=1S/C21H17F3N2O/c1-13-7-15(4-5-19(13)24)18-3-2-6-25-21(18)20(26-12-27)10-14-8-16(22)11-17(23)9-14/h2-9,11-12,20H,10H2,1H3,(H,26,27). The fraction of sp³-hybridized carbons (Fsp3) is 0.143. The molecule has 0 aliphatic carbocycles. The minimum atomic E-state index is -0.690. The molecule has 1 N–H and O–H groups in total. The van der Waals surface area contributed by atoms with Gasteiger partial charge in [-0.15, -0.1) is 0 Å². The van der Waals surface area contributed by atoms with E-state index in [-0.39, 0.29) is 12.2 Å². The van der Waals surface area contributed by atoms with Crippen LogP contribution in [0.1, 0.15) is 22.9 Å². The van der Waals surface area contributed by atoms with E-state index in [2.05, 4.69) is 10.3 Å². The van der Waals surface area contributed by atoms with Crippen molar-refractivity contribution in [3.05, 3.63) is 89.0 Å². The maximum atomic E-state index is 13.6. The molecule has 0 spiro atoms. The summed E-state index contributed by atoms with van der Waals surface area (Å²) in [5.74, 6) is -1.70. The second-order valence-corrected chi connectivity index (χ2v) is 6.22. The summed E-state index contributed by atoms with van der Waals surface area (Å²) in [4.78, 5) is 15.5. The molecule has 0 fully saturated rings. The van der Waals surface area contributed by atoms with Crippen LogP contribution in [0.2, 0.25) is 0 Å². The molecule has 0 aliphatic rings. The molecule has 0 saturated heterocycles. The molecule has 3 rings (SSSR count). The number of pyridine rings is 1. The molecule has 27 heavy (non-hydrogen) atoms. The van der Waals surface area contributed by atoms with Crippen LogP contribution in [-0.4, -0.2) is 11.4 Å². The summed E-state index contributed by atoms with van der Waals surface area (Å²) in [7, 11) is 0. The van der Waals surface area contributed by atoms with E-state index in [1.807, 2.05) is 0 Å². The zero-order chi connectivity index (χ0) is 19.4. The van der Waals surface area contributed by atoms with Crippen LogP contribution in [0.25, 0.3) is 11.1 Å². The van der Waals surface area contributed by atoms with E-state index in [0.717, 1.165) is 11.6 Å². The van der Waals surface area contributed by atoms with Gasteiger partial charge in [0, 0.05) is 17.8 Å². The normalized spacial score (nSPS) is 11.9. The zero-order valence-corrected chi connectivity index (χ0v) is 14.5. The summed E-state index contributed by atoms with van der Waals surface area (Å²) in [5, 5.41) is 2.66. The summed E-state index contributed by atoms with van der Waals surface area (Å²) >= 11 is 0. The number of hydrogen-bond donors (Lipinski definition) is 1. The van der Waals surface area contributed by atoms with E-state index in [1.165, 1.54) is 18.2 Å². The van der Waals surface area contributed by atoms with Crippen LogP contribution in [0.15, 0.2) is 54.7 Å². The third-order valence-corrected chi connectivity index (χ3v) is 4.27. The number of aromatic nitrogens is 1. The summed E-state index contributed by atoms with van der Waals surface area (Å²) in [6, 6.07) is 10.8. The molecule has 0 bridgehead atoms. The highest BCUT2D eigenvalue weighted by atomic mass is 19.1. The predicted octanol–water partition coefficient (Wildman–Crippen LogP) is 4.50. The van der Waals surface area contributed by atoms with Crippen molar-refractivity contribution in [1.29, 1.82) is 0 Å². The van der Waals surface area contributed by atoms with Crippen LogP contribution in [-0.2, 0) is 11.2 Å². The van der Waals surface area contributed by atoms with Crippen molar-refractivity contribution >= 4 is 6.41 Å². The molecule has 3 nitrogen and oxygen atoms in total. The van der Waals surface area contributed by atoms with E-state index < -0.39 is 17.7 Å². The highest BCUT2D eigenvalue weighted by Gasteiger charge is 2.19. The van der Waals surface area contributed by atoms with E-state index in [4.69, 9.17) is 0 Å². The molecular formula is C21H17F3N2O. The van der Waals surface area contributed by atoms with Gasteiger partial charge in [0.05, 0.1) is 11.7 Å². The van der Waals surface area contributed by atoms with Gasteiger partial charge in [-0.1, -0.05) is 12.1 Å². The van der Waals surface area contributed by atoms with Gasteiger partial charge in [0.1, 0.15) is 17.5 Å². The van der Waals surface area contributed by atoms with Crippen LogP contribution in [0.3, 0.4) is 0 Å². The van der Waals surface area contributed by atoms with Crippen LogP contribution < -0.4 is 5.32 Å². The molecule has 1 aromatic heterocycles. The number of rotatable bonds is 6. The second kappa shape index (κ2) is 8.03. The smallest absolute Gasteiger partial charge is 0.207 e. The van der Waals surface area contributed by atoms with E-state index in [1.54, 1.807) is 37.4 Å². The van der Waals surface area contributed by atoms with Crippen molar-refractivity contribution in [2.75, 3.05) is 0 Å². The lowest BCUT2D eigenvalue weighted by atomic mass is 9.95. The highest BCUT2D eigenvalue weighted by molar-refractivity contribution is 5.67. The molecule has 1 amide bonds. The number of hydrogen-bond acceptors (Lipinski definition) is 2. The maximum Gasteiger partial charge on any atom is 0.207 e. The lowest BCUT2D eigenvalue weighted by Gasteiger charge is -2.19. The van der Waals surface area contributed by atoms with Gasteiger partial charge in [0.25, 0.3) is 0 Å². The molecule has 3 aromatic rings. The average molecular weight is 370 g/mol. The molecule has 6 heteroatoms. The number of aryl methyl sites for hydroxylation is 1. The fourth-order valence-corrected chi connectivity index (χ4v) is 3.03. The van der Waals surface area contributed by atoms with Crippen molar-refractivity contribution in [3.8, 4) is 11.1 Å². The van der Waals surface area contributed by atoms with Crippen LogP contribution in [0, 0.1) is 24.4 Å². The van der Waals surface area contributed by atoms with Gasteiger partial charge in [-0.3, -0.25) is 9.78 Å². The third kappa shape index (κ3) is 4.34. The number of carbonyl (C=O) groups excluding carboxylic acids is 1. The largest absolute Gasteiger partial charge is 0.350 e. The number of nitrogens with one attached hydrogen (secondary N) is 1. The molecular weight excluding hydrogens is 353 g/mol. The number of halogens is 3. The number of amides is 1. The Hall–Kier alpha value is -3.15.